The minimum atomic E-state index is -0.717. The fourth-order valence-corrected chi connectivity index (χ4v) is 1.47. The number of aromatic nitrogens is 2. The Morgan fingerprint density at radius 3 is 2.60 bits per heavy atom. The predicted octanol–water partition coefficient (Wildman–Crippen LogP) is 2.59. The summed E-state index contributed by atoms with van der Waals surface area (Å²) in [6.45, 7) is 0. The molecule has 1 aromatic carbocycles. The third kappa shape index (κ3) is 1.66. The van der Waals surface area contributed by atoms with Gasteiger partial charge in [0.1, 0.15) is 17.5 Å². The van der Waals surface area contributed by atoms with Crippen molar-refractivity contribution in [2.75, 3.05) is 5.73 Å². The van der Waals surface area contributed by atoms with Gasteiger partial charge in [0, 0.05) is 11.1 Å². The minimum absolute atomic E-state index is 0.00810. The van der Waals surface area contributed by atoms with E-state index in [1.54, 1.807) is 0 Å². The van der Waals surface area contributed by atoms with E-state index in [2.05, 4.69) is 10.2 Å². The topological polar surface area (TPSA) is 54.7 Å². The van der Waals surface area contributed by atoms with Gasteiger partial charge in [-0.3, -0.25) is 5.10 Å². The van der Waals surface area contributed by atoms with Crippen LogP contribution in [-0.4, -0.2) is 10.2 Å². The van der Waals surface area contributed by atoms with E-state index in [1.165, 1.54) is 6.20 Å². The van der Waals surface area contributed by atoms with Gasteiger partial charge in [-0.1, -0.05) is 11.6 Å². The third-order valence-corrected chi connectivity index (χ3v) is 2.23. The van der Waals surface area contributed by atoms with Crippen LogP contribution in [-0.2, 0) is 0 Å². The van der Waals surface area contributed by atoms with Crippen molar-refractivity contribution in [3.8, 4) is 11.1 Å². The molecule has 0 unspecified atom stereocenters. The first-order valence-electron chi connectivity index (χ1n) is 4.03. The Morgan fingerprint density at radius 2 is 2.00 bits per heavy atom. The van der Waals surface area contributed by atoms with E-state index in [1.807, 2.05) is 0 Å². The molecular weight excluding hydrogens is 224 g/mol. The number of nitrogens with two attached hydrogens (primary N) is 1. The molecule has 0 amide bonds. The Hall–Kier alpha value is -1.62. The van der Waals surface area contributed by atoms with Gasteiger partial charge in [0.15, 0.2) is 0 Å². The molecule has 78 valence electrons. The standard InChI is InChI=1S/C9H6ClF2N3/c10-7-2-4(11)1-5(8(7)12)6-3-14-15-9(6)13/h1-3H,(H3,13,14,15). The van der Waals surface area contributed by atoms with Crippen molar-refractivity contribution in [2.45, 2.75) is 0 Å². The van der Waals surface area contributed by atoms with Gasteiger partial charge in [-0.15, -0.1) is 0 Å². The highest BCUT2D eigenvalue weighted by Gasteiger charge is 2.14. The van der Waals surface area contributed by atoms with E-state index < -0.39 is 11.6 Å². The number of benzene rings is 1. The maximum Gasteiger partial charge on any atom is 0.150 e. The van der Waals surface area contributed by atoms with E-state index in [4.69, 9.17) is 17.3 Å². The highest BCUT2D eigenvalue weighted by atomic mass is 35.5. The second-order valence-corrected chi connectivity index (χ2v) is 3.35. The van der Waals surface area contributed by atoms with E-state index >= 15 is 0 Å². The normalized spacial score (nSPS) is 10.6. The number of hydrogen-bond acceptors (Lipinski definition) is 2. The molecule has 0 aliphatic carbocycles. The minimum Gasteiger partial charge on any atom is -0.384 e. The lowest BCUT2D eigenvalue weighted by atomic mass is 10.1. The summed E-state index contributed by atoms with van der Waals surface area (Å²) in [6.07, 6.45) is 1.31. The highest BCUT2D eigenvalue weighted by Crippen LogP contribution is 2.31. The predicted molar refractivity (Wildman–Crippen MR) is 53.4 cm³/mol. The van der Waals surface area contributed by atoms with Gasteiger partial charge in [0.2, 0.25) is 0 Å². The van der Waals surface area contributed by atoms with Crippen LogP contribution in [0.25, 0.3) is 11.1 Å². The smallest absolute Gasteiger partial charge is 0.150 e. The largest absolute Gasteiger partial charge is 0.384 e. The quantitative estimate of drug-likeness (QED) is 0.739. The van der Waals surface area contributed by atoms with Crippen molar-refractivity contribution in [1.82, 2.24) is 10.2 Å². The molecule has 3 nitrogen and oxygen atoms in total. The molecular formula is C9H6ClF2N3. The van der Waals surface area contributed by atoms with Crippen LogP contribution < -0.4 is 5.73 Å². The van der Waals surface area contributed by atoms with Crippen LogP contribution in [0.1, 0.15) is 0 Å². The Kier molecular flexibility index (Phi) is 2.32. The van der Waals surface area contributed by atoms with E-state index in [0.717, 1.165) is 12.1 Å². The molecule has 0 aliphatic heterocycles. The van der Waals surface area contributed by atoms with Gasteiger partial charge in [0.05, 0.1) is 11.2 Å². The van der Waals surface area contributed by atoms with Crippen molar-refractivity contribution in [1.29, 1.82) is 0 Å². The molecule has 3 N–H and O–H groups in total. The Balaban J connectivity index is 2.68. The molecule has 2 aromatic rings. The number of anilines is 1. The lowest BCUT2D eigenvalue weighted by Gasteiger charge is -2.03. The maximum atomic E-state index is 13.5. The average Bonchev–Trinajstić information content (AvgIpc) is 2.58. The van der Waals surface area contributed by atoms with Crippen LogP contribution in [0.5, 0.6) is 0 Å². The molecule has 0 fully saturated rings. The van der Waals surface area contributed by atoms with Gasteiger partial charge in [-0.25, -0.2) is 8.78 Å². The number of nitrogen functional groups attached to an aromatic ring is 1. The van der Waals surface area contributed by atoms with Gasteiger partial charge < -0.3 is 5.73 Å². The summed E-state index contributed by atoms with van der Waals surface area (Å²) >= 11 is 5.50. The van der Waals surface area contributed by atoms with Crippen molar-refractivity contribution >= 4 is 17.4 Å². The molecule has 0 saturated carbocycles. The van der Waals surface area contributed by atoms with Crippen LogP contribution in [0.4, 0.5) is 14.6 Å². The number of nitrogens with zero attached hydrogens (tertiary/aromatic N) is 1. The van der Waals surface area contributed by atoms with Crippen molar-refractivity contribution in [3.05, 3.63) is 35.0 Å². The number of nitrogens with one attached hydrogen (secondary N) is 1. The van der Waals surface area contributed by atoms with Gasteiger partial charge in [-0.05, 0) is 12.1 Å². The van der Waals surface area contributed by atoms with Crippen LogP contribution >= 0.6 is 11.6 Å². The summed E-state index contributed by atoms with van der Waals surface area (Å²) in [5.74, 6) is -1.18. The second-order valence-electron chi connectivity index (χ2n) is 2.95. The molecule has 0 aliphatic rings. The maximum absolute atomic E-state index is 13.5. The van der Waals surface area contributed by atoms with Gasteiger partial charge >= 0.3 is 0 Å². The zero-order valence-electron chi connectivity index (χ0n) is 7.39. The number of rotatable bonds is 1. The van der Waals surface area contributed by atoms with E-state index in [0.29, 0.717) is 0 Å². The molecule has 1 heterocycles. The van der Waals surface area contributed by atoms with E-state index in [9.17, 15) is 8.78 Å². The van der Waals surface area contributed by atoms with Gasteiger partial charge in [-0.2, -0.15) is 5.10 Å². The number of halogens is 3. The third-order valence-electron chi connectivity index (χ3n) is 1.95. The molecule has 15 heavy (non-hydrogen) atoms. The first-order chi connectivity index (χ1) is 7.09. The Morgan fingerprint density at radius 1 is 1.27 bits per heavy atom. The lowest BCUT2D eigenvalue weighted by Crippen LogP contribution is -1.92. The zero-order valence-corrected chi connectivity index (χ0v) is 8.15. The molecule has 0 radical (unpaired) electrons. The second kappa shape index (κ2) is 3.51. The molecule has 6 heteroatoms. The molecule has 1 aromatic heterocycles. The summed E-state index contributed by atoms with van der Waals surface area (Å²) in [5.41, 5.74) is 5.77. The summed E-state index contributed by atoms with van der Waals surface area (Å²) in [5, 5.41) is 5.76. The van der Waals surface area contributed by atoms with Crippen LogP contribution in [0.2, 0.25) is 5.02 Å². The first-order valence-corrected chi connectivity index (χ1v) is 4.41. The molecule has 0 spiro atoms. The average molecular weight is 230 g/mol. The monoisotopic (exact) mass is 229 g/mol. The summed E-state index contributed by atoms with van der Waals surface area (Å²) in [7, 11) is 0. The van der Waals surface area contributed by atoms with Crippen LogP contribution in [0.15, 0.2) is 18.3 Å². The Bertz CT molecular complexity index is 510. The SMILES string of the molecule is Nc1[nH]ncc1-c1cc(F)cc(Cl)c1F. The summed E-state index contributed by atoms with van der Waals surface area (Å²) in [6, 6.07) is 1.92. The van der Waals surface area contributed by atoms with Crippen LogP contribution in [0, 0.1) is 11.6 Å². The zero-order chi connectivity index (χ0) is 11.0. The summed E-state index contributed by atoms with van der Waals surface area (Å²) in [4.78, 5) is 0. The Labute approximate surface area is 88.9 Å². The highest BCUT2D eigenvalue weighted by molar-refractivity contribution is 6.31. The molecule has 2 rings (SSSR count). The lowest BCUT2D eigenvalue weighted by molar-refractivity contribution is 0.603. The fraction of sp³-hybridized carbons (Fsp3) is 0. The number of H-pyrrole nitrogens is 1. The van der Waals surface area contributed by atoms with Crippen molar-refractivity contribution in [3.63, 3.8) is 0 Å². The fourth-order valence-electron chi connectivity index (χ4n) is 1.26. The van der Waals surface area contributed by atoms with Gasteiger partial charge in [0.25, 0.3) is 0 Å². The summed E-state index contributed by atoms with van der Waals surface area (Å²) < 4.78 is 26.5. The van der Waals surface area contributed by atoms with E-state index in [-0.39, 0.29) is 22.0 Å². The van der Waals surface area contributed by atoms with Crippen molar-refractivity contribution in [2.24, 2.45) is 0 Å². The first kappa shape index (κ1) is 9.92. The molecule has 0 atom stereocenters. The molecule has 0 bridgehead atoms. The number of hydrogen-bond donors (Lipinski definition) is 2. The number of aromatic amines is 1. The van der Waals surface area contributed by atoms with Crippen molar-refractivity contribution < 1.29 is 8.78 Å². The molecule has 0 saturated heterocycles. The van der Waals surface area contributed by atoms with Crippen LogP contribution in [0.3, 0.4) is 0 Å².